The molecule has 2 saturated heterocycles. The highest BCUT2D eigenvalue weighted by Gasteiger charge is 2.49. The zero-order valence-corrected chi connectivity index (χ0v) is 22.1. The third-order valence-electron chi connectivity index (χ3n) is 7.40. The van der Waals surface area contributed by atoms with Crippen LogP contribution < -0.4 is 15.0 Å². The maximum atomic E-state index is 15.4. The van der Waals surface area contributed by atoms with E-state index in [4.69, 9.17) is 14.5 Å². The van der Waals surface area contributed by atoms with E-state index in [9.17, 15) is 13.9 Å². The van der Waals surface area contributed by atoms with Gasteiger partial charge in [0.25, 0.3) is 0 Å². The molecule has 4 heterocycles. The molecule has 3 atom stereocenters. The molecule has 204 valence electrons. The minimum atomic E-state index is -3.80. The van der Waals surface area contributed by atoms with E-state index in [0.717, 1.165) is 38.4 Å². The summed E-state index contributed by atoms with van der Waals surface area (Å²) >= 11 is 0. The lowest BCUT2D eigenvalue weighted by Crippen LogP contribution is -2.42. The number of hydrogen-bond donors (Lipinski definition) is 2. The van der Waals surface area contributed by atoms with Crippen molar-refractivity contribution in [2.75, 3.05) is 30.4 Å². The van der Waals surface area contributed by atoms with E-state index in [0.29, 0.717) is 41.4 Å². The zero-order chi connectivity index (χ0) is 27.4. The van der Waals surface area contributed by atoms with Gasteiger partial charge in [-0.3, -0.25) is 0 Å². The lowest BCUT2D eigenvalue weighted by molar-refractivity contribution is -0.170. The van der Waals surface area contributed by atoms with E-state index in [1.54, 1.807) is 21.0 Å². The Bertz CT molecular complexity index is 1350. The van der Waals surface area contributed by atoms with E-state index >= 15 is 4.39 Å². The largest absolute Gasteiger partial charge is 0.480 e. The molecule has 2 aliphatic heterocycles. The molecule has 11 heteroatoms. The molecule has 2 aromatic heterocycles. The van der Waals surface area contributed by atoms with Crippen molar-refractivity contribution in [1.29, 1.82) is 0 Å². The number of nitrogens with zero attached hydrogens (tertiary/aromatic N) is 4. The van der Waals surface area contributed by atoms with E-state index < -0.39 is 28.9 Å². The van der Waals surface area contributed by atoms with Gasteiger partial charge in [-0.05, 0) is 52.7 Å². The number of halogens is 3. The van der Waals surface area contributed by atoms with Gasteiger partial charge < -0.3 is 24.8 Å². The van der Waals surface area contributed by atoms with Crippen molar-refractivity contribution in [2.24, 2.45) is 0 Å². The Labute approximate surface area is 219 Å². The Morgan fingerprint density at radius 2 is 1.87 bits per heavy atom. The van der Waals surface area contributed by atoms with Crippen LogP contribution in [0.15, 0.2) is 24.3 Å². The normalized spacial score (nSPS) is 20.6. The number of aliphatic hydroxyl groups is 1. The van der Waals surface area contributed by atoms with Gasteiger partial charge in [0.15, 0.2) is 5.82 Å². The molecular formula is C27H32F3N5O3. The standard InChI is InChI=1S/C27H32F3N5O3/c1-14(18-7-6-8-20(22(18)28)27(29,30)26(3,4)36)31-24-19-11-21(35-12-16-9-10-17(13-35)38-16)25(37-5)32-23(19)15(2)33-34-24/h6-8,11,14,16-17,36H,9-10,12-13H2,1-5H3,(H,31,34)/t14-,16?,17?/m1/s1. The molecule has 38 heavy (non-hydrogen) atoms. The Kier molecular flexibility index (Phi) is 6.63. The fraction of sp³-hybridized carbons (Fsp3) is 0.519. The number of methoxy groups -OCH3 is 1. The number of benzene rings is 1. The van der Waals surface area contributed by atoms with E-state index in [1.807, 2.05) is 6.07 Å². The van der Waals surface area contributed by atoms with Crippen molar-refractivity contribution < 1.29 is 27.8 Å². The molecule has 3 aromatic rings. The van der Waals surface area contributed by atoms with E-state index in [-0.39, 0.29) is 17.8 Å². The molecule has 2 aliphatic rings. The summed E-state index contributed by atoms with van der Waals surface area (Å²) in [5, 5.41) is 22.3. The quantitative estimate of drug-likeness (QED) is 0.446. The van der Waals surface area contributed by atoms with Gasteiger partial charge >= 0.3 is 5.92 Å². The SMILES string of the molecule is COc1nc2c(C)nnc(N[C@H](C)c3cccc(C(F)(F)C(C)(C)O)c3F)c2cc1N1CC2CCC(C1)O2. The number of ether oxygens (including phenoxy) is 2. The average Bonchev–Trinajstić information content (AvgIpc) is 3.21. The highest BCUT2D eigenvalue weighted by atomic mass is 19.3. The first-order chi connectivity index (χ1) is 17.9. The lowest BCUT2D eigenvalue weighted by Gasteiger charge is -2.34. The molecular weight excluding hydrogens is 499 g/mol. The molecule has 0 spiro atoms. The van der Waals surface area contributed by atoms with Crippen LogP contribution in [0.25, 0.3) is 10.9 Å². The highest BCUT2D eigenvalue weighted by Crippen LogP contribution is 2.42. The number of aryl methyl sites for hydroxylation is 1. The summed E-state index contributed by atoms with van der Waals surface area (Å²) in [6.07, 6.45) is 2.33. The van der Waals surface area contributed by atoms with Gasteiger partial charge in [0.2, 0.25) is 5.88 Å². The Balaban J connectivity index is 1.53. The number of anilines is 2. The minimum absolute atomic E-state index is 0.00778. The van der Waals surface area contributed by atoms with Crippen LogP contribution in [0.1, 0.15) is 56.5 Å². The number of rotatable bonds is 7. The summed E-state index contributed by atoms with van der Waals surface area (Å²) in [4.78, 5) is 6.92. The Morgan fingerprint density at radius 1 is 1.18 bits per heavy atom. The molecule has 8 nitrogen and oxygen atoms in total. The number of alkyl halides is 2. The van der Waals surface area contributed by atoms with Gasteiger partial charge in [-0.15, -0.1) is 5.10 Å². The number of fused-ring (bicyclic) bond motifs is 3. The molecule has 0 amide bonds. The summed E-state index contributed by atoms with van der Waals surface area (Å²) in [6.45, 7) is 6.76. The monoisotopic (exact) mass is 531 g/mol. The number of morpholine rings is 1. The van der Waals surface area contributed by atoms with Gasteiger partial charge in [-0.25, -0.2) is 9.37 Å². The first kappa shape index (κ1) is 26.4. The maximum absolute atomic E-state index is 15.4. The molecule has 2 bridgehead atoms. The van der Waals surface area contributed by atoms with Crippen molar-refractivity contribution in [3.63, 3.8) is 0 Å². The summed E-state index contributed by atoms with van der Waals surface area (Å²) in [6, 6.07) is 4.94. The number of nitrogens with one attached hydrogen (secondary N) is 1. The van der Waals surface area contributed by atoms with Gasteiger partial charge in [-0.1, -0.05) is 12.1 Å². The first-order valence-corrected chi connectivity index (χ1v) is 12.7. The summed E-state index contributed by atoms with van der Waals surface area (Å²) < 4.78 is 56.7. The molecule has 1 aromatic carbocycles. The predicted molar refractivity (Wildman–Crippen MR) is 137 cm³/mol. The van der Waals surface area contributed by atoms with Crippen LogP contribution in [0.3, 0.4) is 0 Å². The Hall–Kier alpha value is -3.18. The van der Waals surface area contributed by atoms with Crippen molar-refractivity contribution in [1.82, 2.24) is 15.2 Å². The van der Waals surface area contributed by atoms with E-state index in [2.05, 4.69) is 20.4 Å². The number of hydrogen-bond acceptors (Lipinski definition) is 8. The Morgan fingerprint density at radius 3 is 2.50 bits per heavy atom. The minimum Gasteiger partial charge on any atom is -0.480 e. The molecule has 0 aliphatic carbocycles. The third-order valence-corrected chi connectivity index (χ3v) is 7.40. The van der Waals surface area contributed by atoms with Gasteiger partial charge in [0.1, 0.15) is 22.6 Å². The van der Waals surface area contributed by atoms with E-state index in [1.165, 1.54) is 12.1 Å². The molecule has 2 fully saturated rings. The number of pyridine rings is 1. The summed E-state index contributed by atoms with van der Waals surface area (Å²) in [5.74, 6) is -4.09. The van der Waals surface area contributed by atoms with Crippen molar-refractivity contribution >= 4 is 22.4 Å². The number of aromatic nitrogens is 3. The third kappa shape index (κ3) is 4.51. The molecule has 2 N–H and O–H groups in total. The molecule has 2 unspecified atom stereocenters. The fourth-order valence-electron chi connectivity index (χ4n) is 5.20. The zero-order valence-electron chi connectivity index (χ0n) is 22.1. The second kappa shape index (κ2) is 9.53. The maximum Gasteiger partial charge on any atom is 0.303 e. The topological polar surface area (TPSA) is 92.6 Å². The fourth-order valence-corrected chi connectivity index (χ4v) is 5.20. The lowest BCUT2D eigenvalue weighted by atomic mass is 9.91. The predicted octanol–water partition coefficient (Wildman–Crippen LogP) is 4.88. The van der Waals surface area contributed by atoms with Crippen molar-refractivity contribution in [3.8, 4) is 5.88 Å². The van der Waals surface area contributed by atoms with Crippen LogP contribution in [-0.4, -0.2) is 58.3 Å². The van der Waals surface area contributed by atoms with Crippen LogP contribution in [0.5, 0.6) is 5.88 Å². The van der Waals surface area contributed by atoms with Crippen LogP contribution in [0.2, 0.25) is 0 Å². The smallest absolute Gasteiger partial charge is 0.303 e. The first-order valence-electron chi connectivity index (χ1n) is 12.7. The molecule has 5 rings (SSSR count). The van der Waals surface area contributed by atoms with Crippen molar-refractivity contribution in [3.05, 3.63) is 46.9 Å². The summed E-state index contributed by atoms with van der Waals surface area (Å²) in [5.41, 5.74) is -1.36. The van der Waals surface area contributed by atoms with Crippen LogP contribution in [0.4, 0.5) is 24.7 Å². The van der Waals surface area contributed by atoms with Crippen molar-refractivity contribution in [2.45, 2.75) is 70.3 Å². The van der Waals surface area contributed by atoms with Gasteiger partial charge in [0, 0.05) is 24.0 Å². The second-order valence-corrected chi connectivity index (χ2v) is 10.6. The van der Waals surface area contributed by atoms with Crippen LogP contribution >= 0.6 is 0 Å². The highest BCUT2D eigenvalue weighted by molar-refractivity contribution is 5.93. The second-order valence-electron chi connectivity index (χ2n) is 10.6. The van der Waals surface area contributed by atoms with Gasteiger partial charge in [0.05, 0.1) is 36.6 Å². The van der Waals surface area contributed by atoms with Gasteiger partial charge in [-0.2, -0.15) is 13.9 Å². The summed E-state index contributed by atoms with van der Waals surface area (Å²) in [7, 11) is 1.57. The van der Waals surface area contributed by atoms with Crippen LogP contribution in [0, 0.1) is 12.7 Å². The molecule has 0 radical (unpaired) electrons. The molecule has 0 saturated carbocycles. The average molecular weight is 532 g/mol. The van der Waals surface area contributed by atoms with Crippen LogP contribution in [-0.2, 0) is 10.7 Å².